The van der Waals surface area contributed by atoms with Gasteiger partial charge in [0.25, 0.3) is 0 Å². The molecule has 8 unspecified atom stereocenters. The molecule has 136 valence electrons. The summed E-state index contributed by atoms with van der Waals surface area (Å²) in [6.45, 7) is -1.27. The van der Waals surface area contributed by atoms with Crippen LogP contribution in [0.3, 0.4) is 0 Å². The van der Waals surface area contributed by atoms with Gasteiger partial charge >= 0.3 is 5.97 Å². The van der Waals surface area contributed by atoms with Crippen LogP contribution in [0.25, 0.3) is 0 Å². The molecule has 8 N–H and O–H groups in total. The van der Waals surface area contributed by atoms with Crippen molar-refractivity contribution < 1.29 is 55.1 Å². The quantitative estimate of drug-likeness (QED) is 0.211. The van der Waals surface area contributed by atoms with Crippen LogP contribution in [-0.4, -0.2) is 109 Å². The van der Waals surface area contributed by atoms with E-state index in [0.717, 1.165) is 0 Å². The highest BCUT2D eigenvalue weighted by Crippen LogP contribution is 2.22. The van der Waals surface area contributed by atoms with Gasteiger partial charge in [-0.05, 0) is 0 Å². The minimum atomic E-state index is -1.87. The molecule has 0 radical (unpaired) electrons. The van der Waals surface area contributed by atoms with E-state index in [1.54, 1.807) is 0 Å². The van der Waals surface area contributed by atoms with Gasteiger partial charge in [0.15, 0.2) is 12.4 Å². The summed E-state index contributed by atoms with van der Waals surface area (Å²) in [6, 6.07) is 0. The van der Waals surface area contributed by atoms with Crippen molar-refractivity contribution >= 4 is 5.97 Å². The zero-order valence-electron chi connectivity index (χ0n) is 12.0. The first-order valence-corrected chi connectivity index (χ1v) is 6.88. The Bertz CT molecular complexity index is 376. The van der Waals surface area contributed by atoms with Crippen LogP contribution in [0.2, 0.25) is 0 Å². The molecule has 0 aromatic heterocycles. The fourth-order valence-corrected chi connectivity index (χ4v) is 2.00. The average molecular weight is 342 g/mol. The fraction of sp³-hybridized carbons (Fsp3) is 0.917. The van der Waals surface area contributed by atoms with E-state index >= 15 is 0 Å². The largest absolute Gasteiger partial charge is 0.479 e. The summed E-state index contributed by atoms with van der Waals surface area (Å²) in [7, 11) is 0. The third kappa shape index (κ3) is 5.31. The van der Waals surface area contributed by atoms with Gasteiger partial charge in [0.05, 0.1) is 19.3 Å². The molecule has 1 heterocycles. The van der Waals surface area contributed by atoms with Gasteiger partial charge < -0.3 is 50.3 Å². The molecule has 0 amide bonds. The minimum absolute atomic E-state index is 0.615. The van der Waals surface area contributed by atoms with Gasteiger partial charge in [-0.15, -0.1) is 0 Å². The van der Waals surface area contributed by atoms with E-state index in [0.29, 0.717) is 0 Å². The van der Waals surface area contributed by atoms with Crippen LogP contribution in [0.15, 0.2) is 0 Å². The van der Waals surface area contributed by atoms with Gasteiger partial charge in [0, 0.05) is 6.42 Å². The SMILES string of the molecule is O=C(O)C(O)CC(O)C(O)COC1OC(CO)C(O)C(O)C1O. The molecular formula is C12H22O11. The molecule has 0 spiro atoms. The zero-order chi connectivity index (χ0) is 17.7. The van der Waals surface area contributed by atoms with Crippen LogP contribution in [0.1, 0.15) is 6.42 Å². The normalized spacial score (nSPS) is 35.5. The first kappa shape index (κ1) is 20.2. The predicted molar refractivity (Wildman–Crippen MR) is 70.0 cm³/mol. The van der Waals surface area contributed by atoms with Crippen molar-refractivity contribution in [2.45, 2.75) is 55.4 Å². The Morgan fingerprint density at radius 2 is 1.65 bits per heavy atom. The second-order valence-corrected chi connectivity index (χ2v) is 5.26. The van der Waals surface area contributed by atoms with Crippen LogP contribution in [0, 0.1) is 0 Å². The summed E-state index contributed by atoms with van der Waals surface area (Å²) >= 11 is 0. The van der Waals surface area contributed by atoms with Crippen LogP contribution >= 0.6 is 0 Å². The van der Waals surface area contributed by atoms with Gasteiger partial charge in [0.2, 0.25) is 0 Å². The molecule has 11 nitrogen and oxygen atoms in total. The van der Waals surface area contributed by atoms with Crippen molar-refractivity contribution in [2.24, 2.45) is 0 Å². The van der Waals surface area contributed by atoms with Gasteiger partial charge in [0.1, 0.15) is 30.5 Å². The molecule has 23 heavy (non-hydrogen) atoms. The maximum absolute atomic E-state index is 10.4. The monoisotopic (exact) mass is 342 g/mol. The molecule has 1 rings (SSSR count). The number of carbonyl (C=O) groups is 1. The zero-order valence-corrected chi connectivity index (χ0v) is 12.0. The molecule has 0 bridgehead atoms. The third-order valence-corrected chi connectivity index (χ3v) is 3.47. The Morgan fingerprint density at radius 3 is 2.17 bits per heavy atom. The Hall–Kier alpha value is -0.890. The van der Waals surface area contributed by atoms with Crippen molar-refractivity contribution in [1.29, 1.82) is 0 Å². The van der Waals surface area contributed by atoms with Crippen molar-refractivity contribution in [3.8, 4) is 0 Å². The van der Waals surface area contributed by atoms with E-state index < -0.39 is 74.6 Å². The highest BCUT2D eigenvalue weighted by atomic mass is 16.7. The molecule has 0 saturated carbocycles. The Morgan fingerprint density at radius 1 is 1.04 bits per heavy atom. The smallest absolute Gasteiger partial charge is 0.332 e. The lowest BCUT2D eigenvalue weighted by atomic mass is 9.99. The molecule has 1 fully saturated rings. The first-order valence-electron chi connectivity index (χ1n) is 6.88. The highest BCUT2D eigenvalue weighted by molar-refractivity contribution is 5.71. The van der Waals surface area contributed by atoms with E-state index in [1.807, 2.05) is 0 Å². The standard InChI is InChI=1S/C12H22O11/c13-2-7-8(17)9(18)10(19)12(23-7)22-3-6(16)4(14)1-5(15)11(20)21/h4-10,12-19H,1-3H2,(H,20,21). The Balaban J connectivity index is 2.51. The second-order valence-electron chi connectivity index (χ2n) is 5.26. The van der Waals surface area contributed by atoms with E-state index in [1.165, 1.54) is 0 Å². The molecule has 0 aliphatic carbocycles. The van der Waals surface area contributed by atoms with E-state index in [-0.39, 0.29) is 0 Å². The first-order chi connectivity index (χ1) is 10.7. The summed E-state index contributed by atoms with van der Waals surface area (Å²) in [6.07, 6.45) is -13.3. The Kier molecular flexibility index (Phi) is 7.73. The van der Waals surface area contributed by atoms with Crippen LogP contribution < -0.4 is 0 Å². The summed E-state index contributed by atoms with van der Waals surface area (Å²) in [5, 5.41) is 74.5. The molecule has 0 aromatic rings. The van der Waals surface area contributed by atoms with Crippen molar-refractivity contribution in [2.75, 3.05) is 13.2 Å². The number of hydrogen-bond donors (Lipinski definition) is 8. The summed E-state index contributed by atoms with van der Waals surface area (Å²) < 4.78 is 9.99. The lowest BCUT2D eigenvalue weighted by Crippen LogP contribution is -2.59. The van der Waals surface area contributed by atoms with Gasteiger partial charge in [-0.3, -0.25) is 0 Å². The van der Waals surface area contributed by atoms with Gasteiger partial charge in [-0.25, -0.2) is 4.79 Å². The summed E-state index contributed by atoms with van der Waals surface area (Å²) in [5.74, 6) is -1.56. The topological polar surface area (TPSA) is 197 Å². The lowest BCUT2D eigenvalue weighted by molar-refractivity contribution is -0.306. The maximum atomic E-state index is 10.4. The number of carboxylic acids is 1. The fourth-order valence-electron chi connectivity index (χ4n) is 2.00. The number of aliphatic hydroxyl groups is 7. The van der Waals surface area contributed by atoms with Crippen molar-refractivity contribution in [3.63, 3.8) is 0 Å². The number of hydrogen-bond acceptors (Lipinski definition) is 10. The summed E-state index contributed by atoms with van der Waals surface area (Å²) in [4.78, 5) is 10.4. The maximum Gasteiger partial charge on any atom is 0.332 e. The number of carboxylic acid groups (broad SMARTS) is 1. The number of aliphatic hydroxyl groups excluding tert-OH is 7. The molecule has 11 heteroatoms. The van der Waals surface area contributed by atoms with E-state index in [9.17, 15) is 30.3 Å². The number of ether oxygens (including phenoxy) is 2. The number of aliphatic carboxylic acids is 1. The number of rotatable bonds is 8. The van der Waals surface area contributed by atoms with Gasteiger partial charge in [-0.2, -0.15) is 0 Å². The van der Waals surface area contributed by atoms with Crippen LogP contribution in [0.4, 0.5) is 0 Å². The summed E-state index contributed by atoms with van der Waals surface area (Å²) in [5.41, 5.74) is 0. The van der Waals surface area contributed by atoms with E-state index in [2.05, 4.69) is 0 Å². The molecule has 1 aliphatic rings. The molecule has 0 aromatic carbocycles. The molecule has 1 aliphatic heterocycles. The average Bonchev–Trinajstić information content (AvgIpc) is 2.51. The van der Waals surface area contributed by atoms with Crippen LogP contribution in [-0.2, 0) is 14.3 Å². The minimum Gasteiger partial charge on any atom is -0.479 e. The molecule has 8 atom stereocenters. The highest BCUT2D eigenvalue weighted by Gasteiger charge is 2.44. The lowest BCUT2D eigenvalue weighted by Gasteiger charge is -2.39. The Labute approximate surface area is 130 Å². The molecular weight excluding hydrogens is 320 g/mol. The third-order valence-electron chi connectivity index (χ3n) is 3.47. The predicted octanol–water partition coefficient (Wildman–Crippen LogP) is -4.64. The molecule has 1 saturated heterocycles. The van der Waals surface area contributed by atoms with Crippen molar-refractivity contribution in [3.05, 3.63) is 0 Å². The van der Waals surface area contributed by atoms with Crippen molar-refractivity contribution in [1.82, 2.24) is 0 Å². The second kappa shape index (κ2) is 8.82. The van der Waals surface area contributed by atoms with Crippen LogP contribution in [0.5, 0.6) is 0 Å². The van der Waals surface area contributed by atoms with Gasteiger partial charge in [-0.1, -0.05) is 0 Å². The van der Waals surface area contributed by atoms with E-state index in [4.69, 9.17) is 24.8 Å².